The van der Waals surface area contributed by atoms with Crippen molar-refractivity contribution in [3.05, 3.63) is 152 Å². The predicted molar refractivity (Wildman–Crippen MR) is 173 cm³/mol. The van der Waals surface area contributed by atoms with Crippen LogP contribution in [0.2, 0.25) is 0 Å². The van der Waals surface area contributed by atoms with E-state index in [1.54, 1.807) is 0 Å². The van der Waals surface area contributed by atoms with E-state index in [0.717, 1.165) is 0 Å². The van der Waals surface area contributed by atoms with Crippen molar-refractivity contribution >= 4 is 77.7 Å². The summed E-state index contributed by atoms with van der Waals surface area (Å²) in [5, 5.41) is 17.3. The quantitative estimate of drug-likeness (QED) is 0.163. The molecule has 0 saturated carbocycles. The Kier molecular flexibility index (Phi) is 5.22. The summed E-state index contributed by atoms with van der Waals surface area (Å²) in [7, 11) is -0.649. The van der Waals surface area contributed by atoms with Crippen LogP contribution in [0.15, 0.2) is 152 Å². The highest BCUT2D eigenvalue weighted by Gasteiger charge is 2.18. The molecule has 8 rings (SSSR count). The largest absolute Gasteiger partial charge is 0.0622 e. The summed E-state index contributed by atoms with van der Waals surface area (Å²) in [5.74, 6) is 0. The van der Waals surface area contributed by atoms with Crippen LogP contribution in [0.4, 0.5) is 0 Å². The molecule has 0 bridgehead atoms. The minimum Gasteiger partial charge on any atom is -0.0622 e. The van der Waals surface area contributed by atoms with Crippen molar-refractivity contribution in [1.82, 2.24) is 0 Å². The van der Waals surface area contributed by atoms with Gasteiger partial charge in [0.25, 0.3) is 0 Å². The maximum Gasteiger partial charge on any atom is -0.00143 e. The minimum absolute atomic E-state index is 0.649. The first-order valence-electron chi connectivity index (χ1n) is 13.5. The number of hydrogen-bond acceptors (Lipinski definition) is 0. The molecule has 1 heteroatoms. The molecule has 0 amide bonds. The molecule has 39 heavy (non-hydrogen) atoms. The van der Waals surface area contributed by atoms with Crippen molar-refractivity contribution in [2.45, 2.75) is 0 Å². The lowest BCUT2D eigenvalue weighted by Crippen LogP contribution is -2.20. The number of hydrogen-bond donors (Lipinski definition) is 0. The molecular formula is C38H25P. The van der Waals surface area contributed by atoms with Gasteiger partial charge in [-0.15, -0.1) is 0 Å². The topological polar surface area (TPSA) is 0 Å². The lowest BCUT2D eigenvalue weighted by atomic mass is 9.91. The van der Waals surface area contributed by atoms with Crippen LogP contribution in [0.3, 0.4) is 0 Å². The Morgan fingerprint density at radius 3 is 1.36 bits per heavy atom. The predicted octanol–water partition coefficient (Wildman–Crippen LogP) is 9.21. The van der Waals surface area contributed by atoms with Gasteiger partial charge in [0, 0.05) is 0 Å². The standard InChI is InChI=1S/C38H25P/c1-3-10-31(11-4-1)39(32-12-5-2-6-13-32)33-23-24-35-30(25-33)22-21-28-18-20-29-19-17-27-16-15-26-9-7-8-14-34(26)36(27)38(29)37(28)35/h1-25H. The van der Waals surface area contributed by atoms with Crippen LogP contribution < -0.4 is 15.9 Å². The third-order valence-electron chi connectivity index (χ3n) is 7.96. The molecule has 0 N–H and O–H groups in total. The Balaban J connectivity index is 1.45. The molecule has 8 aromatic rings. The van der Waals surface area contributed by atoms with Crippen LogP contribution in [0, 0.1) is 0 Å². The molecule has 0 fully saturated rings. The molecule has 0 aliphatic heterocycles. The second-order valence-corrected chi connectivity index (χ2v) is 12.4. The van der Waals surface area contributed by atoms with E-state index in [9.17, 15) is 0 Å². The van der Waals surface area contributed by atoms with Crippen molar-refractivity contribution < 1.29 is 0 Å². The monoisotopic (exact) mass is 512 g/mol. The van der Waals surface area contributed by atoms with E-state index in [0.29, 0.717) is 0 Å². The van der Waals surface area contributed by atoms with Crippen LogP contribution in [0.1, 0.15) is 0 Å². The van der Waals surface area contributed by atoms with Crippen molar-refractivity contribution in [1.29, 1.82) is 0 Å². The Hall–Kier alpha value is -4.51. The Morgan fingerprint density at radius 2 is 0.744 bits per heavy atom. The zero-order valence-electron chi connectivity index (χ0n) is 21.4. The fourth-order valence-corrected chi connectivity index (χ4v) is 8.52. The van der Waals surface area contributed by atoms with Crippen LogP contribution >= 0.6 is 7.92 Å². The van der Waals surface area contributed by atoms with Gasteiger partial charge in [-0.2, -0.15) is 0 Å². The summed E-state index contributed by atoms with van der Waals surface area (Å²) in [5.41, 5.74) is 0. The van der Waals surface area contributed by atoms with Gasteiger partial charge in [-0.3, -0.25) is 0 Å². The highest BCUT2D eigenvalue weighted by molar-refractivity contribution is 7.79. The number of benzene rings is 8. The minimum atomic E-state index is -0.649. The Labute approximate surface area is 228 Å². The van der Waals surface area contributed by atoms with E-state index in [1.807, 2.05) is 0 Å². The summed E-state index contributed by atoms with van der Waals surface area (Å²) in [6.07, 6.45) is 0. The second kappa shape index (κ2) is 9.05. The average molecular weight is 513 g/mol. The summed E-state index contributed by atoms with van der Waals surface area (Å²) < 4.78 is 0. The molecule has 0 radical (unpaired) electrons. The summed E-state index contributed by atoms with van der Waals surface area (Å²) in [6, 6.07) is 56.1. The van der Waals surface area contributed by atoms with E-state index in [2.05, 4.69) is 152 Å². The highest BCUT2D eigenvalue weighted by atomic mass is 31.1. The fraction of sp³-hybridized carbons (Fsp3) is 0. The highest BCUT2D eigenvalue weighted by Crippen LogP contribution is 2.40. The molecule has 0 nitrogen and oxygen atoms in total. The lowest BCUT2D eigenvalue weighted by Gasteiger charge is -2.20. The first-order valence-corrected chi connectivity index (χ1v) is 14.8. The summed E-state index contributed by atoms with van der Waals surface area (Å²) in [4.78, 5) is 0. The molecule has 0 unspecified atom stereocenters. The third kappa shape index (κ3) is 3.64. The van der Waals surface area contributed by atoms with Crippen molar-refractivity contribution in [3.8, 4) is 0 Å². The fourth-order valence-electron chi connectivity index (χ4n) is 6.19. The van der Waals surface area contributed by atoms with Crippen LogP contribution in [-0.2, 0) is 0 Å². The zero-order chi connectivity index (χ0) is 25.8. The number of rotatable bonds is 3. The molecule has 0 heterocycles. The molecule has 182 valence electrons. The van der Waals surface area contributed by atoms with E-state index >= 15 is 0 Å². The van der Waals surface area contributed by atoms with Crippen LogP contribution in [0.25, 0.3) is 53.9 Å². The van der Waals surface area contributed by atoms with Gasteiger partial charge in [0.05, 0.1) is 0 Å². The van der Waals surface area contributed by atoms with Crippen molar-refractivity contribution in [2.24, 2.45) is 0 Å². The Morgan fingerprint density at radius 1 is 0.282 bits per heavy atom. The normalized spacial score (nSPS) is 11.8. The third-order valence-corrected chi connectivity index (χ3v) is 10.4. The van der Waals surface area contributed by atoms with Crippen molar-refractivity contribution in [3.63, 3.8) is 0 Å². The molecule has 0 spiro atoms. The van der Waals surface area contributed by atoms with Crippen LogP contribution in [0.5, 0.6) is 0 Å². The molecule has 0 atom stereocenters. The molecule has 0 aliphatic rings. The molecule has 8 aromatic carbocycles. The maximum atomic E-state index is 2.43. The van der Waals surface area contributed by atoms with Gasteiger partial charge < -0.3 is 0 Å². The van der Waals surface area contributed by atoms with Gasteiger partial charge >= 0.3 is 0 Å². The van der Waals surface area contributed by atoms with Crippen LogP contribution in [-0.4, -0.2) is 0 Å². The summed E-state index contributed by atoms with van der Waals surface area (Å²) in [6.45, 7) is 0. The smallest absolute Gasteiger partial charge is 0.00143 e. The lowest BCUT2D eigenvalue weighted by molar-refractivity contribution is 1.75. The summed E-state index contributed by atoms with van der Waals surface area (Å²) >= 11 is 0. The van der Waals surface area contributed by atoms with Gasteiger partial charge in [0.1, 0.15) is 0 Å². The molecule has 0 aliphatic carbocycles. The Bertz CT molecular complexity index is 2110. The zero-order valence-corrected chi connectivity index (χ0v) is 22.3. The maximum absolute atomic E-state index is 2.43. The SMILES string of the molecule is c1ccc(P(c2ccccc2)c2ccc3c(ccc4ccc5ccc6ccc7ccccc7c6c5c43)c2)cc1. The van der Waals surface area contributed by atoms with Gasteiger partial charge in [-0.25, -0.2) is 0 Å². The number of fused-ring (bicyclic) bond motifs is 9. The first-order chi connectivity index (χ1) is 19.3. The first kappa shape index (κ1) is 22.5. The van der Waals surface area contributed by atoms with Gasteiger partial charge in [0.15, 0.2) is 0 Å². The van der Waals surface area contributed by atoms with Gasteiger partial charge in [-0.05, 0) is 83.8 Å². The van der Waals surface area contributed by atoms with Gasteiger partial charge in [-0.1, -0.05) is 146 Å². The van der Waals surface area contributed by atoms with Gasteiger partial charge in [0.2, 0.25) is 0 Å². The average Bonchev–Trinajstić information content (AvgIpc) is 3.01. The second-order valence-electron chi connectivity index (χ2n) is 10.2. The van der Waals surface area contributed by atoms with E-state index in [4.69, 9.17) is 0 Å². The molecule has 0 saturated heterocycles. The van der Waals surface area contributed by atoms with E-state index < -0.39 is 7.92 Å². The van der Waals surface area contributed by atoms with E-state index in [1.165, 1.54) is 69.8 Å². The van der Waals surface area contributed by atoms with Crippen molar-refractivity contribution in [2.75, 3.05) is 0 Å². The molecular weight excluding hydrogens is 487 g/mol. The van der Waals surface area contributed by atoms with E-state index in [-0.39, 0.29) is 0 Å². The molecule has 0 aromatic heterocycles.